The van der Waals surface area contributed by atoms with E-state index < -0.39 is 14.8 Å². The first kappa shape index (κ1) is 18.4. The van der Waals surface area contributed by atoms with E-state index in [1.807, 2.05) is 0 Å². The number of carbonyl (C=O) groups is 1. The highest BCUT2D eigenvalue weighted by Crippen LogP contribution is 2.18. The van der Waals surface area contributed by atoms with Gasteiger partial charge in [-0.15, -0.1) is 0 Å². The SMILES string of the molecule is CCCCCC(CC[Si](OC)(OC)OC)NC(N)=O. The van der Waals surface area contributed by atoms with Crippen LogP contribution in [0.3, 0.4) is 0 Å². The molecule has 0 aliphatic heterocycles. The van der Waals surface area contributed by atoms with Gasteiger partial charge in [0.05, 0.1) is 0 Å². The van der Waals surface area contributed by atoms with E-state index in [2.05, 4.69) is 12.2 Å². The molecule has 0 aromatic carbocycles. The van der Waals surface area contributed by atoms with Gasteiger partial charge in [-0.2, -0.15) is 0 Å². The van der Waals surface area contributed by atoms with Crippen LogP contribution in [0.1, 0.15) is 39.0 Å². The summed E-state index contributed by atoms with van der Waals surface area (Å²) in [5.74, 6) is 0. The maximum absolute atomic E-state index is 11.0. The summed E-state index contributed by atoms with van der Waals surface area (Å²) in [6.45, 7) is 2.15. The highest BCUT2D eigenvalue weighted by atomic mass is 28.4. The predicted molar refractivity (Wildman–Crippen MR) is 76.9 cm³/mol. The van der Waals surface area contributed by atoms with Gasteiger partial charge in [-0.25, -0.2) is 4.79 Å². The summed E-state index contributed by atoms with van der Waals surface area (Å²) in [5, 5.41) is 2.78. The van der Waals surface area contributed by atoms with Gasteiger partial charge in [0.25, 0.3) is 0 Å². The molecule has 0 rings (SSSR count). The number of carbonyl (C=O) groups excluding carboxylic acids is 1. The van der Waals surface area contributed by atoms with Crippen molar-refractivity contribution in [2.24, 2.45) is 5.73 Å². The van der Waals surface area contributed by atoms with E-state index in [0.717, 1.165) is 32.1 Å². The first-order chi connectivity index (χ1) is 9.03. The largest absolute Gasteiger partial charge is 0.500 e. The van der Waals surface area contributed by atoms with Crippen molar-refractivity contribution in [3.63, 3.8) is 0 Å². The Labute approximate surface area is 117 Å². The van der Waals surface area contributed by atoms with Crippen molar-refractivity contribution >= 4 is 14.8 Å². The summed E-state index contributed by atoms with van der Waals surface area (Å²) in [7, 11) is 2.20. The maximum Gasteiger partial charge on any atom is 0.500 e. The van der Waals surface area contributed by atoms with Gasteiger partial charge in [-0.05, 0) is 12.8 Å². The lowest BCUT2D eigenvalue weighted by Crippen LogP contribution is -2.45. The Kier molecular flexibility index (Phi) is 9.85. The zero-order chi connectivity index (χ0) is 14.7. The number of amides is 2. The van der Waals surface area contributed by atoms with Gasteiger partial charge < -0.3 is 24.3 Å². The lowest BCUT2D eigenvalue weighted by atomic mass is 10.1. The van der Waals surface area contributed by atoms with Gasteiger partial charge in [0.1, 0.15) is 0 Å². The molecule has 6 nitrogen and oxygen atoms in total. The summed E-state index contributed by atoms with van der Waals surface area (Å²) in [6.07, 6.45) is 5.03. The fraction of sp³-hybridized carbons (Fsp3) is 0.917. The van der Waals surface area contributed by atoms with E-state index in [4.69, 9.17) is 19.0 Å². The molecule has 19 heavy (non-hydrogen) atoms. The van der Waals surface area contributed by atoms with Crippen LogP contribution < -0.4 is 11.1 Å². The van der Waals surface area contributed by atoms with Crippen LogP contribution in [0.2, 0.25) is 6.04 Å². The minimum atomic E-state index is -2.57. The number of primary amides is 1. The first-order valence-electron chi connectivity index (χ1n) is 6.75. The lowest BCUT2D eigenvalue weighted by molar-refractivity contribution is 0.121. The van der Waals surface area contributed by atoms with E-state index in [1.54, 1.807) is 21.3 Å². The van der Waals surface area contributed by atoms with Crippen molar-refractivity contribution in [2.45, 2.75) is 51.1 Å². The second-order valence-electron chi connectivity index (χ2n) is 4.54. The molecule has 0 bridgehead atoms. The number of unbranched alkanes of at least 4 members (excludes halogenated alkanes) is 2. The standard InChI is InChI=1S/C12H28N2O4Si/c1-5-6-7-8-11(14-12(13)15)9-10-19(16-2,17-3)18-4/h11H,5-10H2,1-4H3,(H3,13,14,15). The molecule has 0 saturated heterocycles. The van der Waals surface area contributed by atoms with Crippen LogP contribution in [0.15, 0.2) is 0 Å². The minimum Gasteiger partial charge on any atom is -0.377 e. The maximum atomic E-state index is 11.0. The van der Waals surface area contributed by atoms with E-state index in [0.29, 0.717) is 6.04 Å². The fourth-order valence-electron chi connectivity index (χ4n) is 2.04. The Morgan fingerprint density at radius 1 is 1.16 bits per heavy atom. The molecular weight excluding hydrogens is 264 g/mol. The molecule has 0 fully saturated rings. The predicted octanol–water partition coefficient (Wildman–Crippen LogP) is 1.87. The summed E-state index contributed by atoms with van der Waals surface area (Å²) in [4.78, 5) is 11.0. The molecule has 0 saturated carbocycles. The second-order valence-corrected chi connectivity index (χ2v) is 7.63. The van der Waals surface area contributed by atoms with Gasteiger partial charge in [0, 0.05) is 33.4 Å². The van der Waals surface area contributed by atoms with Crippen LogP contribution >= 0.6 is 0 Å². The highest BCUT2D eigenvalue weighted by Gasteiger charge is 2.38. The topological polar surface area (TPSA) is 82.8 Å². The average Bonchev–Trinajstić information content (AvgIpc) is 2.40. The molecule has 1 unspecified atom stereocenters. The van der Waals surface area contributed by atoms with Crippen molar-refractivity contribution in [1.29, 1.82) is 0 Å². The van der Waals surface area contributed by atoms with Crippen LogP contribution in [-0.2, 0) is 13.3 Å². The van der Waals surface area contributed by atoms with E-state index in [1.165, 1.54) is 0 Å². The molecule has 114 valence electrons. The molecule has 0 aromatic rings. The second kappa shape index (κ2) is 10.2. The number of nitrogens with one attached hydrogen (secondary N) is 1. The first-order valence-corrected chi connectivity index (χ1v) is 8.68. The number of rotatable bonds is 11. The van der Waals surface area contributed by atoms with Crippen LogP contribution in [0, 0.1) is 0 Å². The van der Waals surface area contributed by atoms with Crippen LogP contribution in [0.25, 0.3) is 0 Å². The normalized spacial score (nSPS) is 13.3. The summed E-state index contributed by atoms with van der Waals surface area (Å²) in [5.41, 5.74) is 5.20. The number of urea groups is 1. The van der Waals surface area contributed by atoms with Crippen LogP contribution in [-0.4, -0.2) is 42.2 Å². The van der Waals surface area contributed by atoms with Crippen molar-refractivity contribution in [1.82, 2.24) is 5.32 Å². The smallest absolute Gasteiger partial charge is 0.377 e. The van der Waals surface area contributed by atoms with Gasteiger partial charge in [-0.1, -0.05) is 26.2 Å². The van der Waals surface area contributed by atoms with Crippen molar-refractivity contribution in [3.05, 3.63) is 0 Å². The summed E-state index contributed by atoms with van der Waals surface area (Å²) in [6, 6.07) is 0.227. The molecule has 0 aliphatic carbocycles. The third kappa shape index (κ3) is 7.51. The molecule has 0 aromatic heterocycles. The third-order valence-corrected chi connectivity index (χ3v) is 6.00. The van der Waals surface area contributed by atoms with Gasteiger partial charge >= 0.3 is 14.8 Å². The molecule has 7 heteroatoms. The van der Waals surface area contributed by atoms with E-state index >= 15 is 0 Å². The molecule has 0 spiro atoms. The van der Waals surface area contributed by atoms with E-state index in [9.17, 15) is 4.79 Å². The summed E-state index contributed by atoms with van der Waals surface area (Å²) >= 11 is 0. The molecule has 1 atom stereocenters. The molecule has 0 heterocycles. The third-order valence-electron chi connectivity index (χ3n) is 3.23. The molecule has 0 aliphatic rings. The monoisotopic (exact) mass is 292 g/mol. The number of hydrogen-bond donors (Lipinski definition) is 2. The molecule has 2 amide bonds. The zero-order valence-electron chi connectivity index (χ0n) is 12.5. The van der Waals surface area contributed by atoms with Crippen LogP contribution in [0.5, 0.6) is 0 Å². The van der Waals surface area contributed by atoms with Gasteiger partial charge in [-0.3, -0.25) is 0 Å². The van der Waals surface area contributed by atoms with Crippen molar-refractivity contribution < 1.29 is 18.1 Å². The molecule has 3 N–H and O–H groups in total. The van der Waals surface area contributed by atoms with Gasteiger partial charge in [0.15, 0.2) is 0 Å². The average molecular weight is 292 g/mol. The van der Waals surface area contributed by atoms with Gasteiger partial charge in [0.2, 0.25) is 0 Å². The lowest BCUT2D eigenvalue weighted by Gasteiger charge is -2.26. The number of nitrogens with two attached hydrogens (primary N) is 1. The highest BCUT2D eigenvalue weighted by molar-refractivity contribution is 6.60. The Hall–Kier alpha value is -0.633. The minimum absolute atomic E-state index is 0.0522. The van der Waals surface area contributed by atoms with Crippen molar-refractivity contribution in [3.8, 4) is 0 Å². The zero-order valence-corrected chi connectivity index (χ0v) is 13.5. The quantitative estimate of drug-likeness (QED) is 0.450. The van der Waals surface area contributed by atoms with E-state index in [-0.39, 0.29) is 6.04 Å². The Bertz CT molecular complexity index is 242. The molecular formula is C12H28N2O4Si. The number of hydrogen-bond acceptors (Lipinski definition) is 4. The van der Waals surface area contributed by atoms with Crippen LogP contribution in [0.4, 0.5) is 4.79 Å². The summed E-state index contributed by atoms with van der Waals surface area (Å²) < 4.78 is 16.1. The fourth-order valence-corrected chi connectivity index (χ4v) is 3.85. The Balaban J connectivity index is 4.33. The molecule has 0 radical (unpaired) electrons. The Morgan fingerprint density at radius 3 is 2.16 bits per heavy atom. The van der Waals surface area contributed by atoms with Crippen molar-refractivity contribution in [2.75, 3.05) is 21.3 Å². The Morgan fingerprint density at radius 2 is 1.74 bits per heavy atom.